The lowest BCUT2D eigenvalue weighted by atomic mass is 9.94. The molecular formula is C23H27ClN2O2. The number of H-pyrrole nitrogens is 1. The van der Waals surface area contributed by atoms with Gasteiger partial charge in [0.05, 0.1) is 19.3 Å². The van der Waals surface area contributed by atoms with E-state index < -0.39 is 0 Å². The van der Waals surface area contributed by atoms with E-state index in [4.69, 9.17) is 9.47 Å². The molecule has 2 heterocycles. The van der Waals surface area contributed by atoms with Crippen LogP contribution < -0.4 is 14.8 Å². The van der Waals surface area contributed by atoms with Crippen molar-refractivity contribution in [1.29, 1.82) is 0 Å². The number of nitrogens with one attached hydrogen (secondary N) is 2. The van der Waals surface area contributed by atoms with Gasteiger partial charge in [0.1, 0.15) is 11.5 Å². The summed E-state index contributed by atoms with van der Waals surface area (Å²) in [5.41, 5.74) is 5.09. The van der Waals surface area contributed by atoms with Crippen molar-refractivity contribution in [3.05, 3.63) is 59.3 Å². The highest BCUT2D eigenvalue weighted by atomic mass is 35.5. The molecule has 5 heteroatoms. The summed E-state index contributed by atoms with van der Waals surface area (Å²) < 4.78 is 11.7. The van der Waals surface area contributed by atoms with Crippen LogP contribution in [0.3, 0.4) is 0 Å². The minimum atomic E-state index is 0. The number of hydrogen-bond donors (Lipinski definition) is 2. The number of fused-ring (bicyclic) bond motifs is 3. The van der Waals surface area contributed by atoms with Crippen molar-refractivity contribution >= 4 is 23.3 Å². The lowest BCUT2D eigenvalue weighted by Gasteiger charge is -2.25. The molecule has 0 saturated heterocycles. The molecule has 1 aliphatic heterocycles. The van der Waals surface area contributed by atoms with Crippen molar-refractivity contribution in [2.24, 2.45) is 0 Å². The van der Waals surface area contributed by atoms with Crippen LogP contribution in [0.1, 0.15) is 48.5 Å². The fraction of sp³-hybridized carbons (Fsp3) is 0.391. The molecule has 1 saturated carbocycles. The summed E-state index contributed by atoms with van der Waals surface area (Å²) in [6, 6.07) is 15.0. The average Bonchev–Trinajstić information content (AvgIpc) is 3.35. The third-order valence-electron chi connectivity index (χ3n) is 5.95. The summed E-state index contributed by atoms with van der Waals surface area (Å²) in [5.74, 6) is 1.90. The van der Waals surface area contributed by atoms with Gasteiger partial charge in [-0.05, 0) is 73.6 Å². The van der Waals surface area contributed by atoms with Gasteiger partial charge in [-0.3, -0.25) is 0 Å². The van der Waals surface area contributed by atoms with Crippen LogP contribution in [0.4, 0.5) is 0 Å². The zero-order valence-electron chi connectivity index (χ0n) is 16.2. The Labute approximate surface area is 172 Å². The summed E-state index contributed by atoms with van der Waals surface area (Å²) in [5, 5.41) is 4.96. The van der Waals surface area contributed by atoms with Crippen LogP contribution in [-0.2, 0) is 6.42 Å². The van der Waals surface area contributed by atoms with E-state index in [1.165, 1.54) is 53.4 Å². The number of benzene rings is 2. The smallest absolute Gasteiger partial charge is 0.120 e. The predicted octanol–water partition coefficient (Wildman–Crippen LogP) is 5.15. The Morgan fingerprint density at radius 3 is 2.68 bits per heavy atom. The number of aromatic amines is 1. The SMILES string of the molecule is COc1ccc2[nH]c3c(c2c1)CCNC3c1cccc(OC2CCCC2)c1.Cl. The zero-order chi connectivity index (χ0) is 18.2. The molecule has 2 N–H and O–H groups in total. The molecule has 0 radical (unpaired) electrons. The van der Waals surface area contributed by atoms with Crippen molar-refractivity contribution in [3.63, 3.8) is 0 Å². The van der Waals surface area contributed by atoms with Crippen molar-refractivity contribution in [1.82, 2.24) is 10.3 Å². The molecule has 0 spiro atoms. The summed E-state index contributed by atoms with van der Waals surface area (Å²) in [4.78, 5) is 3.65. The molecule has 1 aromatic heterocycles. The highest BCUT2D eigenvalue weighted by Gasteiger charge is 2.26. The van der Waals surface area contributed by atoms with E-state index in [0.717, 1.165) is 24.5 Å². The normalized spacial score (nSPS) is 19.2. The monoisotopic (exact) mass is 398 g/mol. The third-order valence-corrected chi connectivity index (χ3v) is 5.95. The van der Waals surface area contributed by atoms with E-state index >= 15 is 0 Å². The van der Waals surface area contributed by atoms with Gasteiger partial charge in [0.15, 0.2) is 0 Å². The van der Waals surface area contributed by atoms with Gasteiger partial charge in [0.25, 0.3) is 0 Å². The number of ether oxygens (including phenoxy) is 2. The highest BCUT2D eigenvalue weighted by Crippen LogP contribution is 2.36. The number of rotatable bonds is 4. The first kappa shape index (κ1) is 19.2. The number of halogens is 1. The van der Waals surface area contributed by atoms with Gasteiger partial charge < -0.3 is 19.8 Å². The topological polar surface area (TPSA) is 46.3 Å². The fourth-order valence-corrected chi connectivity index (χ4v) is 4.58. The van der Waals surface area contributed by atoms with Gasteiger partial charge in [0.2, 0.25) is 0 Å². The van der Waals surface area contributed by atoms with Crippen LogP contribution in [0.15, 0.2) is 42.5 Å². The molecule has 1 unspecified atom stereocenters. The maximum atomic E-state index is 6.23. The molecule has 28 heavy (non-hydrogen) atoms. The van der Waals surface area contributed by atoms with Crippen molar-refractivity contribution in [2.75, 3.05) is 13.7 Å². The molecule has 1 atom stereocenters. The minimum absolute atomic E-state index is 0. The minimum Gasteiger partial charge on any atom is -0.497 e. The quantitative estimate of drug-likeness (QED) is 0.638. The maximum Gasteiger partial charge on any atom is 0.120 e. The molecule has 3 aromatic rings. The van der Waals surface area contributed by atoms with Crippen LogP contribution in [0.25, 0.3) is 10.9 Å². The van der Waals surface area contributed by atoms with Crippen molar-refractivity contribution < 1.29 is 9.47 Å². The van der Waals surface area contributed by atoms with E-state index in [1.807, 2.05) is 6.07 Å². The van der Waals surface area contributed by atoms with Crippen LogP contribution in [0.2, 0.25) is 0 Å². The molecule has 4 nitrogen and oxygen atoms in total. The Kier molecular flexibility index (Phi) is 5.51. The highest BCUT2D eigenvalue weighted by molar-refractivity contribution is 5.86. The van der Waals surface area contributed by atoms with Gasteiger partial charge in [-0.1, -0.05) is 12.1 Å². The van der Waals surface area contributed by atoms with Crippen LogP contribution >= 0.6 is 12.4 Å². The molecule has 5 rings (SSSR count). The maximum absolute atomic E-state index is 6.23. The van der Waals surface area contributed by atoms with E-state index in [-0.39, 0.29) is 18.4 Å². The van der Waals surface area contributed by atoms with Crippen LogP contribution in [-0.4, -0.2) is 24.7 Å². The van der Waals surface area contributed by atoms with E-state index in [2.05, 4.69) is 46.7 Å². The Morgan fingerprint density at radius 2 is 1.86 bits per heavy atom. The summed E-state index contributed by atoms with van der Waals surface area (Å²) >= 11 is 0. The summed E-state index contributed by atoms with van der Waals surface area (Å²) in [7, 11) is 1.72. The van der Waals surface area contributed by atoms with E-state index in [1.54, 1.807) is 7.11 Å². The van der Waals surface area contributed by atoms with E-state index in [0.29, 0.717) is 6.10 Å². The van der Waals surface area contributed by atoms with Gasteiger partial charge in [-0.15, -0.1) is 12.4 Å². The first-order valence-electron chi connectivity index (χ1n) is 10.0. The lowest BCUT2D eigenvalue weighted by molar-refractivity contribution is 0.209. The third kappa shape index (κ3) is 3.47. The second-order valence-electron chi connectivity index (χ2n) is 7.66. The Hall–Kier alpha value is -2.17. The second-order valence-corrected chi connectivity index (χ2v) is 7.66. The fourth-order valence-electron chi connectivity index (χ4n) is 4.58. The Bertz CT molecular complexity index is 962. The van der Waals surface area contributed by atoms with Gasteiger partial charge >= 0.3 is 0 Å². The first-order valence-corrected chi connectivity index (χ1v) is 10.0. The van der Waals surface area contributed by atoms with Gasteiger partial charge in [-0.2, -0.15) is 0 Å². The lowest BCUT2D eigenvalue weighted by Crippen LogP contribution is -2.30. The zero-order valence-corrected chi connectivity index (χ0v) is 17.0. The Balaban J connectivity index is 0.00000192. The molecule has 1 aliphatic carbocycles. The number of hydrogen-bond acceptors (Lipinski definition) is 3. The van der Waals surface area contributed by atoms with Gasteiger partial charge in [-0.25, -0.2) is 0 Å². The van der Waals surface area contributed by atoms with Crippen LogP contribution in [0.5, 0.6) is 11.5 Å². The predicted molar refractivity (Wildman–Crippen MR) is 115 cm³/mol. The molecule has 2 aliphatic rings. The Morgan fingerprint density at radius 1 is 1.00 bits per heavy atom. The molecule has 0 amide bonds. The summed E-state index contributed by atoms with van der Waals surface area (Å²) in [6.07, 6.45) is 6.35. The van der Waals surface area contributed by atoms with E-state index in [9.17, 15) is 0 Å². The van der Waals surface area contributed by atoms with Crippen molar-refractivity contribution in [2.45, 2.75) is 44.2 Å². The molecular weight excluding hydrogens is 372 g/mol. The first-order chi connectivity index (χ1) is 13.3. The summed E-state index contributed by atoms with van der Waals surface area (Å²) in [6.45, 7) is 0.968. The largest absolute Gasteiger partial charge is 0.497 e. The molecule has 1 fully saturated rings. The van der Waals surface area contributed by atoms with Gasteiger partial charge in [0, 0.05) is 23.1 Å². The molecule has 2 aromatic carbocycles. The number of aromatic nitrogens is 1. The van der Waals surface area contributed by atoms with Crippen LogP contribution in [0, 0.1) is 0 Å². The average molecular weight is 399 g/mol. The second kappa shape index (κ2) is 8.06. The number of methoxy groups -OCH3 is 1. The van der Waals surface area contributed by atoms with Crippen molar-refractivity contribution in [3.8, 4) is 11.5 Å². The molecule has 0 bridgehead atoms. The standard InChI is InChI=1S/C23H26N2O2.ClH/c1-26-17-9-10-21-20(14-17)19-11-12-24-22(23(19)25-21)15-5-4-8-18(13-15)27-16-6-2-3-7-16;/h4-5,8-10,13-14,16,22,24-25H,2-3,6-7,11-12H2,1H3;1H. The molecule has 148 valence electrons.